The number of hydrogen-bond donors (Lipinski definition) is 0. The second-order valence-corrected chi connectivity index (χ2v) is 6.71. The Kier molecular flexibility index (Phi) is 3.49. The second-order valence-electron chi connectivity index (χ2n) is 6.71. The number of hydrogen-bond acceptors (Lipinski definition) is 6. The fraction of sp³-hybridized carbons (Fsp3) is 0.0870. The summed E-state index contributed by atoms with van der Waals surface area (Å²) in [5, 5.41) is 1.73. The van der Waals surface area contributed by atoms with E-state index < -0.39 is 0 Å². The molecule has 6 rings (SSSR count). The van der Waals surface area contributed by atoms with Crippen LogP contribution in [0.2, 0.25) is 0 Å². The molecule has 1 aromatic heterocycles. The van der Waals surface area contributed by atoms with Gasteiger partial charge >= 0.3 is 0 Å². The minimum atomic E-state index is 0.234. The van der Waals surface area contributed by atoms with E-state index in [1.165, 1.54) is 0 Å². The van der Waals surface area contributed by atoms with Crippen LogP contribution in [0, 0.1) is 0 Å². The van der Waals surface area contributed by atoms with Crippen LogP contribution in [-0.2, 0) is 0 Å². The number of para-hydroxylation sites is 1. The van der Waals surface area contributed by atoms with Gasteiger partial charge in [0.1, 0.15) is 11.3 Å². The standard InChI is InChI=1S/C23H15NO5/c1-2-4-18-16(3-1)17(24-15-6-8-20-23(10-15)28-13-26-20)11-21(29-18)14-5-7-19-22(9-14)27-12-25-19/h1-11H,12-13H2. The van der Waals surface area contributed by atoms with E-state index in [1.807, 2.05) is 66.7 Å². The molecule has 142 valence electrons. The minimum absolute atomic E-state index is 0.234. The van der Waals surface area contributed by atoms with E-state index in [1.54, 1.807) is 0 Å². The molecule has 3 aromatic carbocycles. The second kappa shape index (κ2) is 6.31. The summed E-state index contributed by atoms with van der Waals surface area (Å²) in [5.41, 5.74) is 2.42. The van der Waals surface area contributed by atoms with Crippen LogP contribution in [0.5, 0.6) is 23.0 Å². The lowest BCUT2D eigenvalue weighted by molar-refractivity contribution is 0.173. The largest absolute Gasteiger partial charge is 0.456 e. The van der Waals surface area contributed by atoms with Crippen molar-refractivity contribution in [3.63, 3.8) is 0 Å². The van der Waals surface area contributed by atoms with Gasteiger partial charge in [0.05, 0.1) is 11.0 Å². The zero-order valence-electron chi connectivity index (χ0n) is 15.3. The van der Waals surface area contributed by atoms with Crippen molar-refractivity contribution >= 4 is 16.7 Å². The number of ether oxygens (including phenoxy) is 4. The third kappa shape index (κ3) is 2.77. The summed E-state index contributed by atoms with van der Waals surface area (Å²) in [4.78, 5) is 4.85. The van der Waals surface area contributed by atoms with E-state index in [-0.39, 0.29) is 13.6 Å². The van der Waals surface area contributed by atoms with Crippen molar-refractivity contribution in [3.8, 4) is 34.3 Å². The Hall–Kier alpha value is -3.93. The predicted molar refractivity (Wildman–Crippen MR) is 106 cm³/mol. The molecule has 0 fully saturated rings. The maximum absolute atomic E-state index is 6.16. The van der Waals surface area contributed by atoms with Gasteiger partial charge in [-0.3, -0.25) is 0 Å². The quantitative estimate of drug-likeness (QED) is 0.496. The maximum Gasteiger partial charge on any atom is 0.231 e. The normalized spacial score (nSPS) is 14.6. The molecule has 0 radical (unpaired) electrons. The smallest absolute Gasteiger partial charge is 0.231 e. The Balaban J connectivity index is 1.54. The van der Waals surface area contributed by atoms with Gasteiger partial charge in [0.2, 0.25) is 13.6 Å². The topological polar surface area (TPSA) is 62.4 Å². The van der Waals surface area contributed by atoms with Crippen LogP contribution in [0.3, 0.4) is 0 Å². The molecule has 2 aliphatic rings. The summed E-state index contributed by atoms with van der Waals surface area (Å²) >= 11 is 0. The zero-order chi connectivity index (χ0) is 19.2. The van der Waals surface area contributed by atoms with E-state index >= 15 is 0 Å². The van der Waals surface area contributed by atoms with Gasteiger partial charge in [-0.1, -0.05) is 12.1 Å². The molecular formula is C23H15NO5. The molecule has 0 saturated heterocycles. The highest BCUT2D eigenvalue weighted by molar-refractivity contribution is 5.79. The average molecular weight is 385 g/mol. The molecule has 2 aliphatic heterocycles. The first kappa shape index (κ1) is 16.1. The zero-order valence-corrected chi connectivity index (χ0v) is 15.3. The molecule has 0 unspecified atom stereocenters. The van der Waals surface area contributed by atoms with E-state index in [9.17, 15) is 0 Å². The molecule has 0 atom stereocenters. The molecule has 29 heavy (non-hydrogen) atoms. The van der Waals surface area contributed by atoms with Gasteiger partial charge in [0.25, 0.3) is 0 Å². The van der Waals surface area contributed by atoms with Gasteiger partial charge in [-0.15, -0.1) is 0 Å². The van der Waals surface area contributed by atoms with Gasteiger partial charge in [0, 0.05) is 23.1 Å². The van der Waals surface area contributed by atoms with Gasteiger partial charge in [-0.25, -0.2) is 4.99 Å². The fourth-order valence-electron chi connectivity index (χ4n) is 3.50. The number of nitrogens with zero attached hydrogens (tertiary/aromatic N) is 1. The lowest BCUT2D eigenvalue weighted by atomic mass is 10.1. The lowest BCUT2D eigenvalue weighted by Crippen LogP contribution is -2.03. The summed E-state index contributed by atoms with van der Waals surface area (Å²) < 4.78 is 27.9. The summed E-state index contributed by atoms with van der Waals surface area (Å²) in [6.45, 7) is 0.471. The summed E-state index contributed by atoms with van der Waals surface area (Å²) in [7, 11) is 0. The first-order valence-electron chi connectivity index (χ1n) is 9.21. The van der Waals surface area contributed by atoms with Crippen LogP contribution < -0.4 is 24.3 Å². The highest BCUT2D eigenvalue weighted by atomic mass is 16.7. The molecule has 0 N–H and O–H groups in total. The Morgan fingerprint density at radius 3 is 2.24 bits per heavy atom. The van der Waals surface area contributed by atoms with Gasteiger partial charge in [-0.05, 0) is 42.5 Å². The first-order valence-corrected chi connectivity index (χ1v) is 9.21. The number of benzene rings is 3. The van der Waals surface area contributed by atoms with Crippen molar-refractivity contribution in [2.24, 2.45) is 4.99 Å². The SMILES string of the molecule is c1ccc2c(=Nc3ccc4c(c3)OCO4)cc(-c3ccc4c(c3)OCO4)oc2c1. The van der Waals surface area contributed by atoms with Crippen molar-refractivity contribution in [2.75, 3.05) is 13.6 Å². The molecule has 0 saturated carbocycles. The minimum Gasteiger partial charge on any atom is -0.456 e. The Morgan fingerprint density at radius 2 is 1.38 bits per heavy atom. The summed E-state index contributed by atoms with van der Waals surface area (Å²) in [6, 6.07) is 21.2. The molecule has 3 heterocycles. The third-order valence-electron chi connectivity index (χ3n) is 4.91. The van der Waals surface area contributed by atoms with Crippen LogP contribution in [0.1, 0.15) is 0 Å². The first-order chi connectivity index (χ1) is 14.3. The Labute approximate surface area is 165 Å². The van der Waals surface area contributed by atoms with Crippen molar-refractivity contribution in [2.45, 2.75) is 0 Å². The van der Waals surface area contributed by atoms with Crippen LogP contribution in [-0.4, -0.2) is 13.6 Å². The van der Waals surface area contributed by atoms with Gasteiger partial charge in [-0.2, -0.15) is 0 Å². The monoisotopic (exact) mass is 385 g/mol. The molecule has 0 spiro atoms. The predicted octanol–water partition coefficient (Wildman–Crippen LogP) is 4.79. The van der Waals surface area contributed by atoms with E-state index in [0.717, 1.165) is 39.1 Å². The van der Waals surface area contributed by atoms with Crippen LogP contribution >= 0.6 is 0 Å². The molecule has 0 amide bonds. The lowest BCUT2D eigenvalue weighted by Gasteiger charge is -2.06. The van der Waals surface area contributed by atoms with Crippen molar-refractivity contribution < 1.29 is 23.4 Å². The molecule has 4 aromatic rings. The van der Waals surface area contributed by atoms with E-state index in [0.29, 0.717) is 17.3 Å². The van der Waals surface area contributed by atoms with E-state index in [2.05, 4.69) is 0 Å². The molecule has 6 heteroatoms. The average Bonchev–Trinajstić information content (AvgIpc) is 3.42. The fourth-order valence-corrected chi connectivity index (χ4v) is 3.50. The molecule has 0 bridgehead atoms. The van der Waals surface area contributed by atoms with Gasteiger partial charge < -0.3 is 23.4 Å². The third-order valence-corrected chi connectivity index (χ3v) is 4.91. The van der Waals surface area contributed by atoms with Gasteiger partial charge in [0.15, 0.2) is 23.0 Å². The summed E-state index contributed by atoms with van der Waals surface area (Å²) in [5.74, 6) is 3.58. The molecule has 0 aliphatic carbocycles. The molecule has 6 nitrogen and oxygen atoms in total. The molecular weight excluding hydrogens is 370 g/mol. The summed E-state index contributed by atoms with van der Waals surface area (Å²) in [6.07, 6.45) is 0. The maximum atomic E-state index is 6.16. The number of rotatable bonds is 2. The van der Waals surface area contributed by atoms with Crippen molar-refractivity contribution in [1.82, 2.24) is 0 Å². The highest BCUT2D eigenvalue weighted by Crippen LogP contribution is 2.37. The van der Waals surface area contributed by atoms with Crippen LogP contribution in [0.15, 0.2) is 76.1 Å². The number of fused-ring (bicyclic) bond motifs is 3. The Morgan fingerprint density at radius 1 is 0.655 bits per heavy atom. The van der Waals surface area contributed by atoms with E-state index in [4.69, 9.17) is 28.4 Å². The Bertz CT molecular complexity index is 1320. The van der Waals surface area contributed by atoms with Crippen molar-refractivity contribution in [3.05, 3.63) is 72.1 Å². The van der Waals surface area contributed by atoms with Crippen molar-refractivity contribution in [1.29, 1.82) is 0 Å². The van der Waals surface area contributed by atoms with Crippen LogP contribution in [0.4, 0.5) is 5.69 Å². The highest BCUT2D eigenvalue weighted by Gasteiger charge is 2.16. The van der Waals surface area contributed by atoms with Crippen LogP contribution in [0.25, 0.3) is 22.3 Å².